The van der Waals surface area contributed by atoms with Crippen LogP contribution in [0.25, 0.3) is 11.4 Å². The van der Waals surface area contributed by atoms with Gasteiger partial charge in [-0.3, -0.25) is 14.2 Å². The molecule has 3 aromatic rings. The van der Waals surface area contributed by atoms with Crippen molar-refractivity contribution in [1.82, 2.24) is 19.9 Å². The number of rotatable bonds is 5. The second-order valence-corrected chi connectivity index (χ2v) is 6.69. The minimum Gasteiger partial charge on any atom is -0.501 e. The zero-order chi connectivity index (χ0) is 21.1. The van der Waals surface area contributed by atoms with Crippen molar-refractivity contribution in [2.45, 2.75) is 20.4 Å². The van der Waals surface area contributed by atoms with Gasteiger partial charge in [0.15, 0.2) is 5.69 Å². The molecule has 0 saturated carbocycles. The number of ether oxygens (including phenoxy) is 1. The average molecular weight is 394 g/mol. The lowest BCUT2D eigenvalue weighted by Gasteiger charge is -2.12. The van der Waals surface area contributed by atoms with Gasteiger partial charge in [-0.2, -0.15) is 0 Å². The standard InChI is InChI=1S/C21H22N4O4/c1-12-5-6-14(9-13(12)2)10-23-20(27)17-18(26)21(28)25(3)19(24-17)15-7-8-16(29-4)22-11-15/h5-9,11,26H,10H2,1-4H3,(H,23,27). The number of methoxy groups -OCH3 is 1. The largest absolute Gasteiger partial charge is 0.501 e. The number of nitrogens with zero attached hydrogens (tertiary/aromatic N) is 3. The summed E-state index contributed by atoms with van der Waals surface area (Å²) in [7, 11) is 2.96. The maximum absolute atomic E-state index is 12.6. The lowest BCUT2D eigenvalue weighted by molar-refractivity contribution is 0.0942. The monoisotopic (exact) mass is 394 g/mol. The summed E-state index contributed by atoms with van der Waals surface area (Å²) < 4.78 is 6.19. The van der Waals surface area contributed by atoms with Crippen LogP contribution in [-0.2, 0) is 13.6 Å². The Kier molecular flexibility index (Phi) is 5.63. The minimum absolute atomic E-state index is 0.208. The van der Waals surface area contributed by atoms with Crippen LogP contribution in [0, 0.1) is 13.8 Å². The number of benzene rings is 1. The van der Waals surface area contributed by atoms with E-state index in [0.717, 1.165) is 16.7 Å². The van der Waals surface area contributed by atoms with Gasteiger partial charge < -0.3 is 15.2 Å². The van der Waals surface area contributed by atoms with Gasteiger partial charge in [0.2, 0.25) is 11.6 Å². The summed E-state index contributed by atoms with van der Waals surface area (Å²) in [6.07, 6.45) is 1.48. The highest BCUT2D eigenvalue weighted by atomic mass is 16.5. The highest BCUT2D eigenvalue weighted by Gasteiger charge is 2.21. The van der Waals surface area contributed by atoms with Gasteiger partial charge in [0, 0.05) is 31.4 Å². The van der Waals surface area contributed by atoms with Gasteiger partial charge >= 0.3 is 0 Å². The van der Waals surface area contributed by atoms with Crippen molar-refractivity contribution in [3.8, 4) is 23.0 Å². The molecule has 0 bridgehead atoms. The quantitative estimate of drug-likeness (QED) is 0.686. The van der Waals surface area contributed by atoms with Gasteiger partial charge in [-0.1, -0.05) is 18.2 Å². The molecule has 8 heteroatoms. The Balaban J connectivity index is 1.91. The second kappa shape index (κ2) is 8.14. The van der Waals surface area contributed by atoms with E-state index in [-0.39, 0.29) is 18.1 Å². The normalized spacial score (nSPS) is 10.6. The molecule has 2 aromatic heterocycles. The molecule has 150 valence electrons. The zero-order valence-corrected chi connectivity index (χ0v) is 16.7. The minimum atomic E-state index is -0.720. The van der Waals surface area contributed by atoms with Crippen LogP contribution in [0.1, 0.15) is 27.2 Å². The Bertz CT molecular complexity index is 1120. The summed E-state index contributed by atoms with van der Waals surface area (Å²) in [5.41, 5.74) is 2.63. The predicted octanol–water partition coefficient (Wildman–Crippen LogP) is 2.10. The van der Waals surface area contributed by atoms with E-state index in [1.807, 2.05) is 32.0 Å². The third-order valence-corrected chi connectivity index (χ3v) is 4.71. The number of aromatic nitrogens is 3. The number of nitrogens with one attached hydrogen (secondary N) is 1. The van der Waals surface area contributed by atoms with Crippen molar-refractivity contribution in [3.05, 3.63) is 69.3 Å². The first-order chi connectivity index (χ1) is 13.8. The van der Waals surface area contributed by atoms with E-state index in [1.54, 1.807) is 12.1 Å². The third kappa shape index (κ3) is 4.11. The third-order valence-electron chi connectivity index (χ3n) is 4.71. The van der Waals surface area contributed by atoms with Crippen LogP contribution < -0.4 is 15.6 Å². The summed E-state index contributed by atoms with van der Waals surface area (Å²) in [4.78, 5) is 33.4. The molecular weight excluding hydrogens is 372 g/mol. The van der Waals surface area contributed by atoms with E-state index >= 15 is 0 Å². The van der Waals surface area contributed by atoms with Crippen LogP contribution in [0.2, 0.25) is 0 Å². The fourth-order valence-corrected chi connectivity index (χ4v) is 2.82. The highest BCUT2D eigenvalue weighted by molar-refractivity contribution is 5.95. The first-order valence-corrected chi connectivity index (χ1v) is 8.96. The zero-order valence-electron chi connectivity index (χ0n) is 16.7. The molecular formula is C21H22N4O4. The van der Waals surface area contributed by atoms with E-state index in [0.29, 0.717) is 11.4 Å². The van der Waals surface area contributed by atoms with Gasteiger partial charge in [0.25, 0.3) is 11.5 Å². The van der Waals surface area contributed by atoms with Crippen molar-refractivity contribution < 1.29 is 14.6 Å². The van der Waals surface area contributed by atoms with Crippen LogP contribution in [-0.4, -0.2) is 32.7 Å². The van der Waals surface area contributed by atoms with Gasteiger partial charge in [-0.15, -0.1) is 0 Å². The van der Waals surface area contributed by atoms with Crippen molar-refractivity contribution in [1.29, 1.82) is 0 Å². The topological polar surface area (TPSA) is 106 Å². The summed E-state index contributed by atoms with van der Waals surface area (Å²) in [6, 6.07) is 9.14. The molecule has 29 heavy (non-hydrogen) atoms. The summed E-state index contributed by atoms with van der Waals surface area (Å²) in [5.74, 6) is -0.723. The molecule has 0 saturated heterocycles. The Morgan fingerprint density at radius 3 is 2.59 bits per heavy atom. The molecule has 1 amide bonds. The lowest BCUT2D eigenvalue weighted by Crippen LogP contribution is -2.29. The Hall–Kier alpha value is -3.68. The number of carbonyl (C=O) groups is 1. The van der Waals surface area contributed by atoms with E-state index in [1.165, 1.54) is 24.9 Å². The predicted molar refractivity (Wildman–Crippen MR) is 108 cm³/mol. The smallest absolute Gasteiger partial charge is 0.296 e. The van der Waals surface area contributed by atoms with E-state index < -0.39 is 17.2 Å². The first kappa shape index (κ1) is 20.1. The molecule has 0 aliphatic rings. The molecule has 3 rings (SSSR count). The van der Waals surface area contributed by atoms with Crippen molar-refractivity contribution in [2.75, 3.05) is 7.11 Å². The molecule has 2 heterocycles. The summed E-state index contributed by atoms with van der Waals surface area (Å²) in [5, 5.41) is 12.9. The number of carbonyl (C=O) groups excluding carboxylic acids is 1. The van der Waals surface area contributed by atoms with Crippen molar-refractivity contribution in [2.24, 2.45) is 7.05 Å². The van der Waals surface area contributed by atoms with Gasteiger partial charge in [0.05, 0.1) is 7.11 Å². The van der Waals surface area contributed by atoms with Crippen LogP contribution >= 0.6 is 0 Å². The van der Waals surface area contributed by atoms with E-state index in [4.69, 9.17) is 4.74 Å². The molecule has 0 unspecified atom stereocenters. The number of hydrogen-bond donors (Lipinski definition) is 2. The molecule has 0 aliphatic heterocycles. The lowest BCUT2D eigenvalue weighted by atomic mass is 10.1. The summed E-state index contributed by atoms with van der Waals surface area (Å²) in [6.45, 7) is 4.24. The van der Waals surface area contributed by atoms with Crippen molar-refractivity contribution >= 4 is 5.91 Å². The van der Waals surface area contributed by atoms with E-state index in [2.05, 4.69) is 15.3 Å². The van der Waals surface area contributed by atoms with Crippen LogP contribution in [0.15, 0.2) is 41.3 Å². The van der Waals surface area contributed by atoms with Crippen molar-refractivity contribution in [3.63, 3.8) is 0 Å². The van der Waals surface area contributed by atoms with Gasteiger partial charge in [-0.25, -0.2) is 9.97 Å². The fraction of sp³-hybridized carbons (Fsp3) is 0.238. The maximum atomic E-state index is 12.6. The Labute approximate surface area is 167 Å². The van der Waals surface area contributed by atoms with Crippen LogP contribution in [0.3, 0.4) is 0 Å². The molecule has 0 fully saturated rings. The Morgan fingerprint density at radius 2 is 1.97 bits per heavy atom. The molecule has 1 aromatic carbocycles. The first-order valence-electron chi connectivity index (χ1n) is 8.96. The Morgan fingerprint density at radius 1 is 1.21 bits per heavy atom. The molecule has 0 atom stereocenters. The molecule has 8 nitrogen and oxygen atoms in total. The molecule has 0 aliphatic carbocycles. The van der Waals surface area contributed by atoms with Crippen LogP contribution in [0.4, 0.5) is 0 Å². The number of aromatic hydroxyl groups is 1. The SMILES string of the molecule is COc1ccc(-c2nc(C(=O)NCc3ccc(C)c(C)c3)c(O)c(=O)n2C)cn1. The molecule has 2 N–H and O–H groups in total. The molecule has 0 radical (unpaired) electrons. The fourth-order valence-electron chi connectivity index (χ4n) is 2.82. The molecule has 0 spiro atoms. The average Bonchev–Trinajstić information content (AvgIpc) is 2.73. The van der Waals surface area contributed by atoms with Gasteiger partial charge in [-0.05, 0) is 36.6 Å². The summed E-state index contributed by atoms with van der Waals surface area (Å²) >= 11 is 0. The number of aryl methyl sites for hydroxylation is 2. The van der Waals surface area contributed by atoms with E-state index in [9.17, 15) is 14.7 Å². The van der Waals surface area contributed by atoms with Gasteiger partial charge in [0.1, 0.15) is 5.82 Å². The second-order valence-electron chi connectivity index (χ2n) is 6.69. The number of hydrogen-bond acceptors (Lipinski definition) is 6. The maximum Gasteiger partial charge on any atom is 0.296 e. The number of amides is 1. The highest BCUT2D eigenvalue weighted by Crippen LogP contribution is 2.20. The van der Waals surface area contributed by atoms with Crippen LogP contribution in [0.5, 0.6) is 11.6 Å². The number of pyridine rings is 1.